The van der Waals surface area contributed by atoms with Gasteiger partial charge in [0.2, 0.25) is 0 Å². The van der Waals surface area contributed by atoms with Crippen LogP contribution in [0.1, 0.15) is 21.9 Å². The van der Waals surface area contributed by atoms with Gasteiger partial charge in [-0.2, -0.15) is 0 Å². The van der Waals surface area contributed by atoms with E-state index in [4.69, 9.17) is 9.52 Å². The third-order valence-corrected chi connectivity index (χ3v) is 3.03. The first kappa shape index (κ1) is 14.6. The van der Waals surface area contributed by atoms with Gasteiger partial charge in [0.25, 0.3) is 0 Å². The summed E-state index contributed by atoms with van der Waals surface area (Å²) in [6.45, 7) is 2.11. The quantitative estimate of drug-likeness (QED) is 0.671. The Morgan fingerprint density at radius 2 is 2.10 bits per heavy atom. The van der Waals surface area contributed by atoms with E-state index in [1.54, 1.807) is 31.0 Å². The molecule has 0 atom stereocenters. The topological polar surface area (TPSA) is 96.8 Å². The lowest BCUT2D eigenvalue weighted by Gasteiger charge is -2.18. The summed E-state index contributed by atoms with van der Waals surface area (Å²) in [5.74, 6) is 0.0583. The van der Waals surface area contributed by atoms with Gasteiger partial charge in [0, 0.05) is 7.05 Å². The van der Waals surface area contributed by atoms with Gasteiger partial charge in [0.1, 0.15) is 22.8 Å². The number of hydrogen-bond acceptors (Lipinski definition) is 5. The molecule has 0 saturated carbocycles. The average Bonchev–Trinajstić information content (AvgIpc) is 2.82. The van der Waals surface area contributed by atoms with Crippen molar-refractivity contribution in [3.8, 4) is 0 Å². The number of furan rings is 1. The molecule has 0 unspecified atom stereocenters. The molecule has 0 fully saturated rings. The fourth-order valence-electron chi connectivity index (χ4n) is 2.09. The molecule has 1 aromatic carbocycles. The van der Waals surface area contributed by atoms with Gasteiger partial charge in [0.15, 0.2) is 0 Å². The van der Waals surface area contributed by atoms with E-state index in [9.17, 15) is 14.9 Å². The number of carboxylic acids is 1. The van der Waals surface area contributed by atoms with Crippen LogP contribution in [0, 0.1) is 17.0 Å². The van der Waals surface area contributed by atoms with Gasteiger partial charge in [-0.3, -0.25) is 10.1 Å². The van der Waals surface area contributed by atoms with Crippen LogP contribution in [0.25, 0.3) is 0 Å². The summed E-state index contributed by atoms with van der Waals surface area (Å²) in [5.41, 5.74) is -0.523. The average molecular weight is 290 g/mol. The van der Waals surface area contributed by atoms with E-state index in [-0.39, 0.29) is 11.3 Å². The lowest BCUT2D eigenvalue weighted by molar-refractivity contribution is -0.384. The minimum atomic E-state index is -1.33. The zero-order valence-corrected chi connectivity index (χ0v) is 11.6. The van der Waals surface area contributed by atoms with Crippen molar-refractivity contribution in [3.05, 3.63) is 57.5 Å². The fourth-order valence-corrected chi connectivity index (χ4v) is 2.09. The molecular formula is C14H14N2O5. The maximum absolute atomic E-state index is 11.2. The minimum Gasteiger partial charge on any atom is -0.477 e. The predicted octanol–water partition coefficient (Wildman–Crippen LogP) is 2.83. The van der Waals surface area contributed by atoms with Crippen LogP contribution in [0.15, 0.2) is 34.7 Å². The van der Waals surface area contributed by atoms with Gasteiger partial charge in [-0.15, -0.1) is 0 Å². The Bertz CT molecular complexity index is 692. The second kappa shape index (κ2) is 5.66. The summed E-state index contributed by atoms with van der Waals surface area (Å²) < 4.78 is 5.43. The second-order valence-corrected chi connectivity index (χ2v) is 4.60. The maximum Gasteiger partial charge on any atom is 0.342 e. The molecule has 0 radical (unpaired) electrons. The van der Waals surface area contributed by atoms with Crippen LogP contribution in [0.4, 0.5) is 11.4 Å². The summed E-state index contributed by atoms with van der Waals surface area (Å²) >= 11 is 0. The Kier molecular flexibility index (Phi) is 3.93. The number of carboxylic acid groups (broad SMARTS) is 1. The van der Waals surface area contributed by atoms with Crippen molar-refractivity contribution in [1.29, 1.82) is 0 Å². The molecule has 7 nitrogen and oxygen atoms in total. The summed E-state index contributed by atoms with van der Waals surface area (Å²) in [6, 6.07) is 7.79. The Hall–Kier alpha value is -2.83. The molecule has 2 rings (SSSR count). The number of nitro groups is 1. The van der Waals surface area contributed by atoms with Gasteiger partial charge < -0.3 is 14.4 Å². The van der Waals surface area contributed by atoms with Gasteiger partial charge >= 0.3 is 11.7 Å². The predicted molar refractivity (Wildman–Crippen MR) is 75.6 cm³/mol. The summed E-state index contributed by atoms with van der Waals surface area (Å²) in [4.78, 5) is 23.2. The number of nitro benzene ring substituents is 1. The number of carbonyl (C=O) groups is 1. The van der Waals surface area contributed by atoms with Crippen LogP contribution in [-0.2, 0) is 6.54 Å². The Balaban J connectivity index is 2.40. The van der Waals surface area contributed by atoms with Crippen molar-refractivity contribution < 1.29 is 19.2 Å². The summed E-state index contributed by atoms with van der Waals surface area (Å²) in [6.07, 6.45) is 0. The van der Waals surface area contributed by atoms with Gasteiger partial charge in [-0.1, -0.05) is 6.07 Å². The van der Waals surface area contributed by atoms with Crippen molar-refractivity contribution in [2.75, 3.05) is 11.9 Å². The molecule has 0 aliphatic rings. The number of anilines is 1. The number of aryl methyl sites for hydroxylation is 1. The van der Waals surface area contributed by atoms with Gasteiger partial charge in [0.05, 0.1) is 11.5 Å². The number of rotatable bonds is 5. The third kappa shape index (κ3) is 3.02. The molecule has 1 heterocycles. The van der Waals surface area contributed by atoms with E-state index in [2.05, 4.69) is 0 Å². The summed E-state index contributed by atoms with van der Waals surface area (Å²) in [5, 5.41) is 20.3. The largest absolute Gasteiger partial charge is 0.477 e. The molecule has 1 N–H and O–H groups in total. The number of para-hydroxylation sites is 1. The molecule has 21 heavy (non-hydrogen) atoms. The summed E-state index contributed by atoms with van der Waals surface area (Å²) in [7, 11) is 1.64. The maximum atomic E-state index is 11.2. The van der Waals surface area contributed by atoms with Crippen molar-refractivity contribution in [3.63, 3.8) is 0 Å². The molecule has 110 valence electrons. The highest BCUT2D eigenvalue weighted by Crippen LogP contribution is 2.32. The molecule has 7 heteroatoms. The van der Waals surface area contributed by atoms with Crippen LogP contribution < -0.4 is 4.90 Å². The minimum absolute atomic E-state index is 0.231. The monoisotopic (exact) mass is 290 g/mol. The van der Waals surface area contributed by atoms with E-state index in [0.29, 0.717) is 12.3 Å². The van der Waals surface area contributed by atoms with Crippen molar-refractivity contribution >= 4 is 17.3 Å². The smallest absolute Gasteiger partial charge is 0.342 e. The number of aromatic carboxylic acids is 1. The third-order valence-electron chi connectivity index (χ3n) is 3.03. The van der Waals surface area contributed by atoms with E-state index in [1.165, 1.54) is 18.2 Å². The first-order valence-electron chi connectivity index (χ1n) is 6.17. The molecular weight excluding hydrogens is 276 g/mol. The number of hydrogen-bond donors (Lipinski definition) is 1. The molecule has 0 spiro atoms. The Morgan fingerprint density at radius 3 is 2.62 bits per heavy atom. The number of benzene rings is 1. The Labute approximate surface area is 120 Å². The molecule has 0 bridgehead atoms. The first-order valence-corrected chi connectivity index (χ1v) is 6.17. The van der Waals surface area contributed by atoms with E-state index < -0.39 is 16.6 Å². The first-order chi connectivity index (χ1) is 9.90. The normalized spacial score (nSPS) is 10.4. The molecule has 0 aliphatic heterocycles. The van der Waals surface area contributed by atoms with Crippen LogP contribution >= 0.6 is 0 Å². The lowest BCUT2D eigenvalue weighted by Crippen LogP contribution is -2.18. The number of nitrogens with zero attached hydrogens (tertiary/aromatic N) is 2. The van der Waals surface area contributed by atoms with Crippen molar-refractivity contribution in [2.45, 2.75) is 13.5 Å². The SMILES string of the molecule is Cc1ccc(CN(C)c2cccc(C(=O)O)c2[N+](=O)[O-])o1. The zero-order chi connectivity index (χ0) is 15.6. The molecule has 0 aliphatic carbocycles. The molecule has 0 amide bonds. The highest BCUT2D eigenvalue weighted by molar-refractivity contribution is 5.95. The van der Waals surface area contributed by atoms with Crippen LogP contribution in [0.3, 0.4) is 0 Å². The standard InChI is InChI=1S/C14H14N2O5/c1-9-6-7-10(21-9)8-15(2)12-5-3-4-11(14(17)18)13(12)16(19)20/h3-7H,8H2,1-2H3,(H,17,18). The highest BCUT2D eigenvalue weighted by Gasteiger charge is 2.26. The van der Waals surface area contributed by atoms with Crippen molar-refractivity contribution in [1.82, 2.24) is 0 Å². The van der Waals surface area contributed by atoms with E-state index >= 15 is 0 Å². The zero-order valence-electron chi connectivity index (χ0n) is 11.6. The van der Waals surface area contributed by atoms with Crippen molar-refractivity contribution in [2.24, 2.45) is 0 Å². The van der Waals surface area contributed by atoms with Gasteiger partial charge in [-0.25, -0.2) is 4.79 Å². The lowest BCUT2D eigenvalue weighted by atomic mass is 10.1. The van der Waals surface area contributed by atoms with Crippen LogP contribution in [-0.4, -0.2) is 23.0 Å². The highest BCUT2D eigenvalue weighted by atomic mass is 16.6. The van der Waals surface area contributed by atoms with E-state index in [0.717, 1.165) is 5.76 Å². The molecule has 0 saturated heterocycles. The second-order valence-electron chi connectivity index (χ2n) is 4.60. The molecule has 2 aromatic rings. The van der Waals surface area contributed by atoms with Crippen LogP contribution in [0.2, 0.25) is 0 Å². The van der Waals surface area contributed by atoms with E-state index in [1.807, 2.05) is 0 Å². The fraction of sp³-hybridized carbons (Fsp3) is 0.214. The Morgan fingerprint density at radius 1 is 1.38 bits per heavy atom. The van der Waals surface area contributed by atoms with Crippen LogP contribution in [0.5, 0.6) is 0 Å². The van der Waals surface area contributed by atoms with Gasteiger partial charge in [-0.05, 0) is 31.2 Å². The molecule has 1 aromatic heterocycles.